The molecule has 0 spiro atoms. The number of amides is 1. The Morgan fingerprint density at radius 1 is 1.06 bits per heavy atom. The Labute approximate surface area is 211 Å². The van der Waals surface area contributed by atoms with Gasteiger partial charge in [0.25, 0.3) is 5.91 Å². The summed E-state index contributed by atoms with van der Waals surface area (Å²) in [6.07, 6.45) is 4.92. The highest BCUT2D eigenvalue weighted by Crippen LogP contribution is 2.35. The van der Waals surface area contributed by atoms with Gasteiger partial charge in [-0.05, 0) is 52.2 Å². The van der Waals surface area contributed by atoms with Gasteiger partial charge in [0.1, 0.15) is 5.75 Å². The molecule has 0 atom stereocenters. The summed E-state index contributed by atoms with van der Waals surface area (Å²) in [4.78, 5) is 30.4. The molecule has 8 heteroatoms. The second-order valence-corrected chi connectivity index (χ2v) is 8.59. The number of halogens is 1. The number of nitrogens with zero attached hydrogens (tertiary/aromatic N) is 2. The van der Waals surface area contributed by atoms with Gasteiger partial charge in [0.15, 0.2) is 5.69 Å². The Balaban J connectivity index is 1.86. The van der Waals surface area contributed by atoms with Crippen LogP contribution in [-0.2, 0) is 11.3 Å². The summed E-state index contributed by atoms with van der Waals surface area (Å²) >= 11 is 3.35. The minimum absolute atomic E-state index is 0.205. The fraction of sp³-hybridized carbons (Fsp3) is 0.148. The lowest BCUT2D eigenvalue weighted by Gasteiger charge is -2.12. The Morgan fingerprint density at radius 2 is 1.80 bits per heavy atom. The molecule has 1 amide bonds. The van der Waals surface area contributed by atoms with Crippen LogP contribution >= 0.6 is 15.9 Å². The van der Waals surface area contributed by atoms with Crippen LogP contribution < -0.4 is 10.1 Å². The zero-order valence-corrected chi connectivity index (χ0v) is 20.9. The number of hydrogen-bond acceptors (Lipinski definition) is 5. The number of esters is 1. The van der Waals surface area contributed by atoms with Gasteiger partial charge in [0.05, 0.1) is 25.0 Å². The normalized spacial score (nSPS) is 10.6. The number of nitrogens with one attached hydrogen (secondary N) is 1. The van der Waals surface area contributed by atoms with Crippen molar-refractivity contribution in [3.05, 3.63) is 101 Å². The minimum atomic E-state index is -0.522. The van der Waals surface area contributed by atoms with Crippen LogP contribution in [0.2, 0.25) is 0 Å². The van der Waals surface area contributed by atoms with E-state index >= 15 is 0 Å². The van der Waals surface area contributed by atoms with Crippen LogP contribution in [-0.4, -0.2) is 35.1 Å². The Kier molecular flexibility index (Phi) is 7.62. The molecule has 0 radical (unpaired) electrons. The van der Waals surface area contributed by atoms with Gasteiger partial charge in [-0.3, -0.25) is 9.78 Å². The molecule has 178 valence electrons. The average molecular weight is 534 g/mol. The first kappa shape index (κ1) is 24.2. The number of aromatic nitrogens is 2. The summed E-state index contributed by atoms with van der Waals surface area (Å²) in [7, 11) is 1.60. The molecule has 7 nitrogen and oxygen atoms in total. The molecule has 2 aromatic carbocycles. The highest BCUT2D eigenvalue weighted by Gasteiger charge is 2.26. The van der Waals surface area contributed by atoms with E-state index in [0.717, 1.165) is 11.1 Å². The molecule has 0 aliphatic carbocycles. The first-order valence-corrected chi connectivity index (χ1v) is 11.8. The van der Waals surface area contributed by atoms with Crippen molar-refractivity contribution in [2.24, 2.45) is 0 Å². The van der Waals surface area contributed by atoms with E-state index in [9.17, 15) is 9.59 Å². The van der Waals surface area contributed by atoms with Gasteiger partial charge >= 0.3 is 5.97 Å². The zero-order chi connectivity index (χ0) is 24.8. The van der Waals surface area contributed by atoms with Crippen LogP contribution in [0, 0.1) is 0 Å². The highest BCUT2D eigenvalue weighted by atomic mass is 79.9. The maximum absolute atomic E-state index is 13.2. The summed E-state index contributed by atoms with van der Waals surface area (Å²) < 4.78 is 13.2. The van der Waals surface area contributed by atoms with Crippen LogP contribution in [0.25, 0.3) is 11.1 Å². The number of carbonyl (C=O) groups excluding carboxylic acids is 2. The van der Waals surface area contributed by atoms with E-state index in [2.05, 4.69) is 26.2 Å². The number of benzene rings is 2. The zero-order valence-electron chi connectivity index (χ0n) is 19.3. The third-order valence-corrected chi connectivity index (χ3v) is 5.78. The predicted molar refractivity (Wildman–Crippen MR) is 138 cm³/mol. The second-order valence-electron chi connectivity index (χ2n) is 7.67. The van der Waals surface area contributed by atoms with Gasteiger partial charge in [0, 0.05) is 35.2 Å². The highest BCUT2D eigenvalue weighted by molar-refractivity contribution is 9.10. The average Bonchev–Trinajstić information content (AvgIpc) is 3.22. The Hall–Kier alpha value is -3.91. The molecule has 0 unspecified atom stereocenters. The summed E-state index contributed by atoms with van der Waals surface area (Å²) in [6.45, 7) is 2.38. The van der Waals surface area contributed by atoms with E-state index in [4.69, 9.17) is 9.47 Å². The first-order valence-electron chi connectivity index (χ1n) is 11.0. The van der Waals surface area contributed by atoms with Crippen molar-refractivity contribution in [1.82, 2.24) is 9.55 Å². The quantitative estimate of drug-likeness (QED) is 0.289. The third-order valence-electron chi connectivity index (χ3n) is 5.35. The molecule has 0 bridgehead atoms. The molecule has 2 heterocycles. The van der Waals surface area contributed by atoms with E-state index in [-0.39, 0.29) is 12.3 Å². The van der Waals surface area contributed by atoms with E-state index in [0.29, 0.717) is 33.6 Å². The lowest BCUT2D eigenvalue weighted by Crippen LogP contribution is -2.18. The van der Waals surface area contributed by atoms with Crippen molar-refractivity contribution in [3.8, 4) is 16.9 Å². The molecule has 0 aliphatic rings. The standard InChI is InChI=1S/C27H24BrN3O4/c1-3-35-27(33)25-24(30-26(32)20-13-21(28)15-29-14-20)23(19-9-11-22(34-2)12-10-19)17-31(25)16-18-7-5-4-6-8-18/h4-15,17H,3,16H2,1-2H3,(H,30,32). The number of ether oxygens (including phenoxy) is 2. The fourth-order valence-electron chi connectivity index (χ4n) is 3.72. The molecular weight excluding hydrogens is 510 g/mol. The SMILES string of the molecule is CCOC(=O)c1c(NC(=O)c2cncc(Br)c2)c(-c2ccc(OC)cc2)cn1Cc1ccccc1. The van der Waals surface area contributed by atoms with Crippen molar-refractivity contribution < 1.29 is 19.1 Å². The van der Waals surface area contributed by atoms with Crippen LogP contribution in [0.1, 0.15) is 33.3 Å². The molecular formula is C27H24BrN3O4. The Morgan fingerprint density at radius 3 is 2.46 bits per heavy atom. The van der Waals surface area contributed by atoms with Crippen LogP contribution in [0.4, 0.5) is 5.69 Å². The van der Waals surface area contributed by atoms with E-state index < -0.39 is 11.9 Å². The molecule has 35 heavy (non-hydrogen) atoms. The second kappa shape index (κ2) is 11.0. The predicted octanol–water partition coefficient (Wildman–Crippen LogP) is 5.80. The van der Waals surface area contributed by atoms with Crippen molar-refractivity contribution in [1.29, 1.82) is 0 Å². The van der Waals surface area contributed by atoms with Crippen molar-refractivity contribution in [3.63, 3.8) is 0 Å². The molecule has 4 rings (SSSR count). The summed E-state index contributed by atoms with van der Waals surface area (Å²) in [6, 6.07) is 18.9. The Bertz CT molecular complexity index is 1330. The van der Waals surface area contributed by atoms with E-state index in [1.807, 2.05) is 65.4 Å². The largest absolute Gasteiger partial charge is 0.497 e. The maximum Gasteiger partial charge on any atom is 0.357 e. The molecule has 0 saturated carbocycles. The van der Waals surface area contributed by atoms with Crippen molar-refractivity contribution in [2.75, 3.05) is 19.0 Å². The number of rotatable bonds is 8. The monoisotopic (exact) mass is 533 g/mol. The van der Waals surface area contributed by atoms with Crippen molar-refractivity contribution in [2.45, 2.75) is 13.5 Å². The number of anilines is 1. The third kappa shape index (κ3) is 5.60. The van der Waals surface area contributed by atoms with Crippen LogP contribution in [0.5, 0.6) is 5.75 Å². The number of hydrogen-bond donors (Lipinski definition) is 1. The van der Waals surface area contributed by atoms with Crippen LogP contribution in [0.15, 0.2) is 83.7 Å². The van der Waals surface area contributed by atoms with E-state index in [1.54, 1.807) is 26.3 Å². The molecule has 0 fully saturated rings. The number of carbonyl (C=O) groups is 2. The van der Waals surface area contributed by atoms with Crippen LogP contribution in [0.3, 0.4) is 0 Å². The first-order chi connectivity index (χ1) is 17.0. The van der Waals surface area contributed by atoms with E-state index in [1.165, 1.54) is 6.20 Å². The lowest BCUT2D eigenvalue weighted by atomic mass is 10.1. The number of pyridine rings is 1. The topological polar surface area (TPSA) is 82.4 Å². The fourth-order valence-corrected chi connectivity index (χ4v) is 4.08. The van der Waals surface area contributed by atoms with Crippen molar-refractivity contribution >= 4 is 33.5 Å². The maximum atomic E-state index is 13.2. The summed E-state index contributed by atoms with van der Waals surface area (Å²) in [5.74, 6) is -0.212. The molecule has 4 aromatic rings. The lowest BCUT2D eigenvalue weighted by molar-refractivity contribution is 0.0515. The van der Waals surface area contributed by atoms with Gasteiger partial charge in [-0.25, -0.2) is 4.79 Å². The minimum Gasteiger partial charge on any atom is -0.497 e. The van der Waals surface area contributed by atoms with Gasteiger partial charge < -0.3 is 19.4 Å². The molecule has 2 aromatic heterocycles. The molecule has 1 N–H and O–H groups in total. The smallest absolute Gasteiger partial charge is 0.357 e. The number of methoxy groups -OCH3 is 1. The van der Waals surface area contributed by atoms with Gasteiger partial charge in [0.2, 0.25) is 0 Å². The molecule has 0 saturated heterocycles. The van der Waals surface area contributed by atoms with Gasteiger partial charge in [-0.1, -0.05) is 42.5 Å². The molecule has 0 aliphatic heterocycles. The van der Waals surface area contributed by atoms with Gasteiger partial charge in [-0.15, -0.1) is 0 Å². The van der Waals surface area contributed by atoms with Gasteiger partial charge in [-0.2, -0.15) is 0 Å². The summed E-state index contributed by atoms with van der Waals surface area (Å²) in [5, 5.41) is 2.94. The summed E-state index contributed by atoms with van der Waals surface area (Å²) in [5.41, 5.74) is 3.48.